The van der Waals surface area contributed by atoms with Gasteiger partial charge < -0.3 is 20.3 Å². The molecule has 0 spiro atoms. The minimum atomic E-state index is -0.290. The van der Waals surface area contributed by atoms with E-state index in [4.69, 9.17) is 4.74 Å². The Labute approximate surface area is 124 Å². The molecule has 6 heteroatoms. The molecular formula is C15H22N4O2. The summed E-state index contributed by atoms with van der Waals surface area (Å²) in [7, 11) is 0. The highest BCUT2D eigenvalue weighted by atomic mass is 16.5. The number of aromatic nitrogens is 1. The molecule has 0 radical (unpaired) electrons. The molecule has 2 saturated heterocycles. The van der Waals surface area contributed by atoms with E-state index in [1.54, 1.807) is 0 Å². The van der Waals surface area contributed by atoms with Crippen LogP contribution in [0.4, 0.5) is 11.5 Å². The number of carbonyl (C=O) groups is 1. The van der Waals surface area contributed by atoms with Crippen molar-refractivity contribution in [2.45, 2.75) is 25.3 Å². The van der Waals surface area contributed by atoms with E-state index in [1.165, 1.54) is 19.3 Å². The van der Waals surface area contributed by atoms with Gasteiger partial charge >= 0.3 is 0 Å². The van der Waals surface area contributed by atoms with Gasteiger partial charge in [-0.2, -0.15) is 0 Å². The van der Waals surface area contributed by atoms with Gasteiger partial charge in [-0.15, -0.1) is 0 Å². The molecule has 2 N–H and O–H groups in total. The second-order valence-corrected chi connectivity index (χ2v) is 5.52. The van der Waals surface area contributed by atoms with Gasteiger partial charge in [-0.25, -0.2) is 4.98 Å². The van der Waals surface area contributed by atoms with Gasteiger partial charge in [0, 0.05) is 19.6 Å². The van der Waals surface area contributed by atoms with Crippen molar-refractivity contribution in [3.05, 3.63) is 18.3 Å². The Morgan fingerprint density at radius 2 is 2.19 bits per heavy atom. The summed E-state index contributed by atoms with van der Waals surface area (Å²) < 4.78 is 5.29. The van der Waals surface area contributed by atoms with Crippen LogP contribution in [0.25, 0.3) is 0 Å². The Hall–Kier alpha value is -1.66. The first-order valence-corrected chi connectivity index (χ1v) is 7.66. The predicted molar refractivity (Wildman–Crippen MR) is 81.5 cm³/mol. The number of hydrogen-bond donors (Lipinski definition) is 2. The number of carbonyl (C=O) groups excluding carboxylic acids is 1. The van der Waals surface area contributed by atoms with E-state index in [0.29, 0.717) is 25.6 Å². The highest BCUT2D eigenvalue weighted by Crippen LogP contribution is 2.20. The fourth-order valence-electron chi connectivity index (χ4n) is 2.75. The smallest absolute Gasteiger partial charge is 0.245 e. The minimum Gasteiger partial charge on any atom is -0.378 e. The van der Waals surface area contributed by atoms with E-state index >= 15 is 0 Å². The zero-order valence-corrected chi connectivity index (χ0v) is 12.2. The van der Waals surface area contributed by atoms with Crippen LogP contribution < -0.4 is 15.5 Å². The topological polar surface area (TPSA) is 66.5 Å². The zero-order chi connectivity index (χ0) is 14.5. The van der Waals surface area contributed by atoms with Crippen molar-refractivity contribution in [3.8, 4) is 0 Å². The molecule has 2 aliphatic rings. The largest absolute Gasteiger partial charge is 0.378 e. The van der Waals surface area contributed by atoms with Gasteiger partial charge in [0.15, 0.2) is 0 Å². The van der Waals surface area contributed by atoms with Crippen molar-refractivity contribution in [2.24, 2.45) is 0 Å². The zero-order valence-electron chi connectivity index (χ0n) is 12.2. The third-order valence-electron chi connectivity index (χ3n) is 3.96. The molecule has 1 aromatic heterocycles. The summed E-state index contributed by atoms with van der Waals surface area (Å²) >= 11 is 0. The number of nitrogens with one attached hydrogen (secondary N) is 2. The fraction of sp³-hybridized carbons (Fsp3) is 0.600. The van der Waals surface area contributed by atoms with Crippen molar-refractivity contribution < 1.29 is 9.53 Å². The second kappa shape index (κ2) is 6.87. The summed E-state index contributed by atoms with van der Waals surface area (Å²) in [5, 5.41) is 5.96. The molecule has 0 aromatic carbocycles. The molecule has 3 heterocycles. The quantitative estimate of drug-likeness (QED) is 0.869. The molecule has 3 rings (SSSR count). The molecule has 1 atom stereocenters. The Kier molecular flexibility index (Phi) is 4.67. The maximum atomic E-state index is 12.1. The summed E-state index contributed by atoms with van der Waals surface area (Å²) in [6.07, 6.45) is 5.64. The predicted octanol–water partition coefficient (Wildman–Crippen LogP) is 0.999. The van der Waals surface area contributed by atoms with Crippen molar-refractivity contribution in [2.75, 3.05) is 43.1 Å². The molecule has 2 fully saturated rings. The number of rotatable bonds is 3. The third kappa shape index (κ3) is 3.71. The van der Waals surface area contributed by atoms with Crippen LogP contribution in [0.2, 0.25) is 0 Å². The van der Waals surface area contributed by atoms with Crippen molar-refractivity contribution in [3.63, 3.8) is 0 Å². The summed E-state index contributed by atoms with van der Waals surface area (Å²) in [4.78, 5) is 18.7. The Balaban J connectivity index is 1.57. The van der Waals surface area contributed by atoms with Gasteiger partial charge in [-0.05, 0) is 31.4 Å². The molecule has 0 saturated carbocycles. The summed E-state index contributed by atoms with van der Waals surface area (Å²) in [5.41, 5.74) is 1.13. The molecule has 21 heavy (non-hydrogen) atoms. The van der Waals surface area contributed by atoms with Crippen molar-refractivity contribution >= 4 is 17.4 Å². The first kappa shape index (κ1) is 14.3. The average molecular weight is 290 g/mol. The summed E-state index contributed by atoms with van der Waals surface area (Å²) in [6.45, 7) is 3.97. The highest BCUT2D eigenvalue weighted by Gasteiger charge is 2.21. The molecule has 114 valence electrons. The van der Waals surface area contributed by atoms with Crippen LogP contribution in [0.5, 0.6) is 0 Å². The molecule has 1 aromatic rings. The molecule has 2 aliphatic heterocycles. The molecule has 1 unspecified atom stereocenters. The number of morpholine rings is 1. The fourth-order valence-corrected chi connectivity index (χ4v) is 2.75. The van der Waals surface area contributed by atoms with E-state index in [2.05, 4.69) is 20.5 Å². The Morgan fingerprint density at radius 1 is 1.33 bits per heavy atom. The van der Waals surface area contributed by atoms with Gasteiger partial charge in [0.05, 0.1) is 25.1 Å². The number of ether oxygens (including phenoxy) is 1. The van der Waals surface area contributed by atoms with Crippen LogP contribution in [0.15, 0.2) is 18.3 Å². The van der Waals surface area contributed by atoms with Gasteiger partial charge in [0.2, 0.25) is 5.91 Å². The third-order valence-corrected chi connectivity index (χ3v) is 3.96. The van der Waals surface area contributed by atoms with Gasteiger partial charge in [-0.1, -0.05) is 0 Å². The number of nitrogens with zero attached hydrogens (tertiary/aromatic N) is 2. The van der Waals surface area contributed by atoms with Crippen LogP contribution in [0, 0.1) is 0 Å². The highest BCUT2D eigenvalue weighted by molar-refractivity contribution is 5.94. The normalized spacial score (nSPS) is 22.9. The Bertz CT molecular complexity index is 465. The molecule has 0 aliphatic carbocycles. The number of hydrogen-bond acceptors (Lipinski definition) is 5. The minimum absolute atomic E-state index is 0.0899. The lowest BCUT2D eigenvalue weighted by Crippen LogP contribution is -2.48. The Morgan fingerprint density at radius 3 is 2.86 bits per heavy atom. The molecule has 0 bridgehead atoms. The summed E-state index contributed by atoms with van der Waals surface area (Å²) in [5.74, 6) is 0.501. The van der Waals surface area contributed by atoms with E-state index in [-0.39, 0.29) is 11.9 Å². The number of anilines is 2. The number of amides is 1. The number of pyridine rings is 1. The number of piperidine rings is 1. The van der Waals surface area contributed by atoms with Crippen LogP contribution in [0.1, 0.15) is 19.3 Å². The van der Waals surface area contributed by atoms with E-state index in [0.717, 1.165) is 18.8 Å². The van der Waals surface area contributed by atoms with Crippen molar-refractivity contribution in [1.82, 2.24) is 10.3 Å². The van der Waals surface area contributed by atoms with Crippen LogP contribution in [-0.4, -0.2) is 49.8 Å². The average Bonchev–Trinajstić information content (AvgIpc) is 2.57. The maximum Gasteiger partial charge on any atom is 0.245 e. The summed E-state index contributed by atoms with van der Waals surface area (Å²) in [6, 6.07) is 3.60. The monoisotopic (exact) mass is 290 g/mol. The standard InChI is InChI=1S/C15H22N4O2/c20-15(13-11-21-9-6-16-13)18-14-5-4-12(10-17-14)19-7-2-1-3-8-19/h4-5,10,13,16H,1-3,6-9,11H2,(H,17,18,20). The van der Waals surface area contributed by atoms with Gasteiger partial charge in [-0.3, -0.25) is 4.79 Å². The maximum absolute atomic E-state index is 12.1. The molecular weight excluding hydrogens is 268 g/mol. The SMILES string of the molecule is O=C(Nc1ccc(N2CCCCC2)cn1)C1COCCN1. The van der Waals surface area contributed by atoms with Crippen LogP contribution >= 0.6 is 0 Å². The first-order chi connectivity index (χ1) is 10.3. The van der Waals surface area contributed by atoms with Crippen LogP contribution in [-0.2, 0) is 9.53 Å². The van der Waals surface area contributed by atoms with Gasteiger partial charge in [0.25, 0.3) is 0 Å². The van der Waals surface area contributed by atoms with Crippen LogP contribution in [0.3, 0.4) is 0 Å². The first-order valence-electron chi connectivity index (χ1n) is 7.66. The molecule has 6 nitrogen and oxygen atoms in total. The van der Waals surface area contributed by atoms with Crippen molar-refractivity contribution in [1.29, 1.82) is 0 Å². The second-order valence-electron chi connectivity index (χ2n) is 5.52. The van der Waals surface area contributed by atoms with E-state index in [1.807, 2.05) is 18.3 Å². The van der Waals surface area contributed by atoms with Gasteiger partial charge in [0.1, 0.15) is 11.9 Å². The van der Waals surface area contributed by atoms with E-state index in [9.17, 15) is 4.79 Å². The lowest BCUT2D eigenvalue weighted by atomic mass is 10.1. The lowest BCUT2D eigenvalue weighted by Gasteiger charge is -2.28. The molecule has 1 amide bonds. The van der Waals surface area contributed by atoms with E-state index < -0.39 is 0 Å². The lowest BCUT2D eigenvalue weighted by molar-refractivity contribution is -0.120.